The second-order valence-electron chi connectivity index (χ2n) is 6.82. The number of alkyl halides is 3. The summed E-state index contributed by atoms with van der Waals surface area (Å²) in [5, 5.41) is 4.36. The molecule has 29 heavy (non-hydrogen) atoms. The van der Waals surface area contributed by atoms with E-state index in [1.807, 2.05) is 19.9 Å². The summed E-state index contributed by atoms with van der Waals surface area (Å²) < 4.78 is 40.8. The van der Waals surface area contributed by atoms with Crippen LogP contribution in [0.4, 0.5) is 19.0 Å². The van der Waals surface area contributed by atoms with Gasteiger partial charge in [0, 0.05) is 33.8 Å². The molecule has 0 aromatic carbocycles. The fourth-order valence-electron chi connectivity index (χ4n) is 3.36. The van der Waals surface area contributed by atoms with Crippen LogP contribution < -0.4 is 4.90 Å². The van der Waals surface area contributed by atoms with E-state index in [1.54, 1.807) is 45.7 Å². The molecule has 6 nitrogen and oxygen atoms in total. The van der Waals surface area contributed by atoms with Crippen LogP contribution in [0.25, 0.3) is 11.1 Å². The Morgan fingerprint density at radius 1 is 1.21 bits per heavy atom. The lowest BCUT2D eigenvalue weighted by Crippen LogP contribution is -2.43. The van der Waals surface area contributed by atoms with Crippen LogP contribution in [0.15, 0.2) is 36.8 Å². The largest absolute Gasteiger partial charge is 0.418 e. The lowest BCUT2D eigenvalue weighted by atomic mass is 10.0. The lowest BCUT2D eigenvalue weighted by Gasteiger charge is -2.32. The Hall–Kier alpha value is -2.50. The van der Waals surface area contributed by atoms with Gasteiger partial charge in [0.05, 0.1) is 17.8 Å². The molecule has 3 aromatic heterocycles. The summed E-state index contributed by atoms with van der Waals surface area (Å²) in [5.41, 5.74) is 1.81. The number of pyridine rings is 2. The SMILES string of the molecule is Cc1cc(-c2cnn3c2C(=O)N(c2cc(I)c(C(F)(F)F)cn2)C[C@@H]3C)ccn1. The number of aromatic nitrogens is 4. The van der Waals surface area contributed by atoms with Crippen LogP contribution in [0.5, 0.6) is 0 Å². The molecule has 4 heterocycles. The molecule has 0 saturated heterocycles. The van der Waals surface area contributed by atoms with Gasteiger partial charge in [-0.05, 0) is 60.2 Å². The molecule has 4 rings (SSSR count). The van der Waals surface area contributed by atoms with Crippen molar-refractivity contribution in [3.05, 3.63) is 57.3 Å². The zero-order valence-electron chi connectivity index (χ0n) is 15.4. The first-order valence-corrected chi connectivity index (χ1v) is 9.80. The molecule has 0 N–H and O–H groups in total. The molecule has 0 spiro atoms. The fourth-order valence-corrected chi connectivity index (χ4v) is 4.08. The van der Waals surface area contributed by atoms with Gasteiger partial charge in [-0.15, -0.1) is 0 Å². The van der Waals surface area contributed by atoms with Crippen molar-refractivity contribution >= 4 is 34.3 Å². The van der Waals surface area contributed by atoms with Crippen molar-refractivity contribution in [2.45, 2.75) is 26.1 Å². The van der Waals surface area contributed by atoms with Crippen molar-refractivity contribution in [2.75, 3.05) is 11.4 Å². The number of fused-ring (bicyclic) bond motifs is 1. The molecule has 0 unspecified atom stereocenters. The van der Waals surface area contributed by atoms with Crippen LogP contribution in [0, 0.1) is 10.5 Å². The fraction of sp³-hybridized carbons (Fsp3) is 0.263. The maximum atomic E-state index is 13.3. The van der Waals surface area contributed by atoms with Crippen molar-refractivity contribution in [2.24, 2.45) is 0 Å². The maximum absolute atomic E-state index is 13.3. The first kappa shape index (κ1) is 19.8. The zero-order valence-corrected chi connectivity index (χ0v) is 17.6. The molecular formula is C19H15F3IN5O. The van der Waals surface area contributed by atoms with E-state index in [9.17, 15) is 18.0 Å². The van der Waals surface area contributed by atoms with Crippen LogP contribution in [0.2, 0.25) is 0 Å². The number of hydrogen-bond acceptors (Lipinski definition) is 4. The number of amides is 1. The number of hydrogen-bond donors (Lipinski definition) is 0. The predicted octanol–water partition coefficient (Wildman–Crippen LogP) is 4.49. The van der Waals surface area contributed by atoms with Crippen molar-refractivity contribution in [3.63, 3.8) is 0 Å². The highest BCUT2D eigenvalue weighted by atomic mass is 127. The van der Waals surface area contributed by atoms with E-state index in [-0.39, 0.29) is 27.9 Å². The number of carbonyl (C=O) groups is 1. The summed E-state index contributed by atoms with van der Waals surface area (Å²) in [5.74, 6) is -0.170. The van der Waals surface area contributed by atoms with Gasteiger partial charge >= 0.3 is 6.18 Å². The molecule has 1 aliphatic rings. The molecule has 1 amide bonds. The highest BCUT2D eigenvalue weighted by Gasteiger charge is 2.37. The van der Waals surface area contributed by atoms with Crippen LogP contribution in [-0.2, 0) is 6.18 Å². The van der Waals surface area contributed by atoms with Gasteiger partial charge in [-0.25, -0.2) is 4.98 Å². The summed E-state index contributed by atoms with van der Waals surface area (Å²) >= 11 is 1.62. The minimum absolute atomic E-state index is 0.00961. The standard InChI is InChI=1S/C19H15F3IN5O/c1-10-5-12(3-4-24-10)13-7-26-28-11(2)9-27(18(29)17(13)28)16-6-15(23)14(8-25-16)19(20,21)22/h3-8,11H,9H2,1-2H3/t11-/m0/s1. The van der Waals surface area contributed by atoms with Crippen molar-refractivity contribution in [1.29, 1.82) is 0 Å². The molecule has 10 heteroatoms. The normalized spacial score (nSPS) is 16.8. The first-order chi connectivity index (χ1) is 13.7. The smallest absolute Gasteiger partial charge is 0.289 e. The van der Waals surface area contributed by atoms with Gasteiger partial charge in [-0.3, -0.25) is 19.4 Å². The molecular weight excluding hydrogens is 498 g/mol. The van der Waals surface area contributed by atoms with Gasteiger partial charge in [0.15, 0.2) is 0 Å². The van der Waals surface area contributed by atoms with Gasteiger partial charge in [0.2, 0.25) is 0 Å². The second kappa shape index (κ2) is 7.08. The highest BCUT2D eigenvalue weighted by Crippen LogP contribution is 2.36. The molecule has 1 atom stereocenters. The highest BCUT2D eigenvalue weighted by molar-refractivity contribution is 14.1. The Kier molecular flexibility index (Phi) is 4.83. The van der Waals surface area contributed by atoms with Gasteiger partial charge < -0.3 is 0 Å². The molecule has 1 aliphatic heterocycles. The number of rotatable bonds is 2. The quantitative estimate of drug-likeness (QED) is 0.474. The summed E-state index contributed by atoms with van der Waals surface area (Å²) in [6, 6.07) is 4.77. The Morgan fingerprint density at radius 3 is 2.62 bits per heavy atom. The topological polar surface area (TPSA) is 63.9 Å². The van der Waals surface area contributed by atoms with Gasteiger partial charge in [-0.1, -0.05) is 0 Å². The second-order valence-corrected chi connectivity index (χ2v) is 7.98. The third kappa shape index (κ3) is 3.49. The van der Waals surface area contributed by atoms with Gasteiger partial charge in [0.1, 0.15) is 11.5 Å². The van der Waals surface area contributed by atoms with Crippen molar-refractivity contribution in [3.8, 4) is 11.1 Å². The third-order valence-electron chi connectivity index (χ3n) is 4.74. The number of carbonyl (C=O) groups excluding carboxylic acids is 1. The Balaban J connectivity index is 1.77. The molecule has 150 valence electrons. The first-order valence-electron chi connectivity index (χ1n) is 8.72. The lowest BCUT2D eigenvalue weighted by molar-refractivity contribution is -0.138. The van der Waals surface area contributed by atoms with Crippen LogP contribution in [-0.4, -0.2) is 32.2 Å². The average molecular weight is 513 g/mol. The van der Waals surface area contributed by atoms with E-state index in [2.05, 4.69) is 15.1 Å². The molecule has 0 fully saturated rings. The maximum Gasteiger partial charge on any atom is 0.418 e. The molecule has 3 aromatic rings. The Labute approximate surface area is 177 Å². The van der Waals surface area contributed by atoms with Gasteiger partial charge in [0.25, 0.3) is 5.91 Å². The van der Waals surface area contributed by atoms with E-state index in [0.717, 1.165) is 17.5 Å². The summed E-state index contributed by atoms with van der Waals surface area (Å²) in [6.45, 7) is 4.01. The summed E-state index contributed by atoms with van der Waals surface area (Å²) in [6.07, 6.45) is -0.435. The zero-order chi connectivity index (χ0) is 20.9. The number of anilines is 1. The van der Waals surface area contributed by atoms with E-state index < -0.39 is 11.7 Å². The molecule has 0 bridgehead atoms. The predicted molar refractivity (Wildman–Crippen MR) is 109 cm³/mol. The Morgan fingerprint density at radius 2 is 1.97 bits per heavy atom. The monoisotopic (exact) mass is 513 g/mol. The van der Waals surface area contributed by atoms with Crippen LogP contribution in [0.1, 0.15) is 34.7 Å². The van der Waals surface area contributed by atoms with Crippen molar-refractivity contribution < 1.29 is 18.0 Å². The van der Waals surface area contributed by atoms with Crippen LogP contribution in [0.3, 0.4) is 0 Å². The summed E-state index contributed by atoms with van der Waals surface area (Å²) in [4.78, 5) is 22.8. The van der Waals surface area contributed by atoms with E-state index in [0.29, 0.717) is 11.3 Å². The minimum atomic E-state index is -4.49. The molecule has 0 aliphatic carbocycles. The van der Waals surface area contributed by atoms with E-state index in [1.165, 1.54) is 11.0 Å². The number of aryl methyl sites for hydroxylation is 1. The third-order valence-corrected chi connectivity index (χ3v) is 5.63. The number of halogens is 4. The van der Waals surface area contributed by atoms with E-state index in [4.69, 9.17) is 0 Å². The molecule has 0 radical (unpaired) electrons. The molecule has 0 saturated carbocycles. The number of nitrogens with zero attached hydrogens (tertiary/aromatic N) is 5. The van der Waals surface area contributed by atoms with Crippen molar-refractivity contribution in [1.82, 2.24) is 19.7 Å². The minimum Gasteiger partial charge on any atom is -0.289 e. The van der Waals surface area contributed by atoms with Gasteiger partial charge in [-0.2, -0.15) is 18.3 Å². The summed E-state index contributed by atoms with van der Waals surface area (Å²) in [7, 11) is 0. The Bertz CT molecular complexity index is 1110. The van der Waals surface area contributed by atoms with E-state index >= 15 is 0 Å². The van der Waals surface area contributed by atoms with Crippen LogP contribution >= 0.6 is 22.6 Å². The average Bonchev–Trinajstić information content (AvgIpc) is 3.09.